The van der Waals surface area contributed by atoms with E-state index in [2.05, 4.69) is 50.0 Å². The Morgan fingerprint density at radius 3 is 2.73 bits per heavy atom. The smallest absolute Gasteiger partial charge is 0.123 e. The minimum atomic E-state index is 0.275. The second kappa shape index (κ2) is 8.01. The fourth-order valence-corrected chi connectivity index (χ4v) is 4.10. The van der Waals surface area contributed by atoms with Gasteiger partial charge in [0.2, 0.25) is 0 Å². The molecule has 3 aromatic rings. The monoisotopic (exact) mass is 370 g/mol. The molecule has 0 N–H and O–H groups in total. The van der Waals surface area contributed by atoms with Crippen LogP contribution in [0.5, 0.6) is 5.75 Å². The summed E-state index contributed by atoms with van der Waals surface area (Å²) in [6, 6.07) is 8.60. The minimum Gasteiger partial charge on any atom is -0.496 e. The van der Waals surface area contributed by atoms with Gasteiger partial charge in [0.05, 0.1) is 30.4 Å². The van der Waals surface area contributed by atoms with E-state index in [9.17, 15) is 0 Å². The first-order valence-corrected chi connectivity index (χ1v) is 9.57. The van der Waals surface area contributed by atoms with E-state index in [1.54, 1.807) is 24.6 Å². The second-order valence-electron chi connectivity index (χ2n) is 6.62. The molecule has 5 nitrogen and oxygen atoms in total. The SMILES string of the molecule is COc1ccc(CN(C)C(C)c2nc(C)sc2C)cc1Cn1cccn1. The Bertz CT molecular complexity index is 857. The van der Waals surface area contributed by atoms with Gasteiger partial charge in [-0.15, -0.1) is 11.3 Å². The van der Waals surface area contributed by atoms with Gasteiger partial charge in [-0.2, -0.15) is 5.10 Å². The lowest BCUT2D eigenvalue weighted by Gasteiger charge is -2.24. The molecule has 6 heteroatoms. The van der Waals surface area contributed by atoms with E-state index in [1.807, 2.05) is 23.0 Å². The highest BCUT2D eigenvalue weighted by atomic mass is 32.1. The standard InChI is InChI=1S/C20H26N4OS/c1-14(20-15(2)26-16(3)22-20)23(4)12-17-7-8-19(25-5)18(11-17)13-24-10-6-9-21-24/h6-11,14H,12-13H2,1-5H3. The largest absolute Gasteiger partial charge is 0.496 e. The van der Waals surface area contributed by atoms with Crippen LogP contribution in [0.25, 0.3) is 0 Å². The number of hydrogen-bond acceptors (Lipinski definition) is 5. The molecular formula is C20H26N4OS. The van der Waals surface area contributed by atoms with Crippen LogP contribution in [0.15, 0.2) is 36.7 Å². The zero-order valence-electron chi connectivity index (χ0n) is 16.1. The Morgan fingerprint density at radius 1 is 1.31 bits per heavy atom. The maximum Gasteiger partial charge on any atom is 0.123 e. The first-order valence-electron chi connectivity index (χ1n) is 8.75. The summed E-state index contributed by atoms with van der Waals surface area (Å²) in [5.41, 5.74) is 3.57. The number of hydrogen-bond donors (Lipinski definition) is 0. The van der Waals surface area contributed by atoms with Crippen molar-refractivity contribution in [1.29, 1.82) is 0 Å². The van der Waals surface area contributed by atoms with E-state index < -0.39 is 0 Å². The molecule has 26 heavy (non-hydrogen) atoms. The molecule has 0 fully saturated rings. The summed E-state index contributed by atoms with van der Waals surface area (Å²) in [6.45, 7) is 8.00. The van der Waals surface area contributed by atoms with Gasteiger partial charge in [-0.25, -0.2) is 4.98 Å². The van der Waals surface area contributed by atoms with Crippen LogP contribution in [0, 0.1) is 13.8 Å². The molecule has 0 saturated heterocycles. The molecule has 0 aliphatic heterocycles. The lowest BCUT2D eigenvalue weighted by molar-refractivity contribution is 0.248. The number of aromatic nitrogens is 3. The highest BCUT2D eigenvalue weighted by Gasteiger charge is 2.18. The van der Waals surface area contributed by atoms with Gasteiger partial charge in [-0.3, -0.25) is 9.58 Å². The lowest BCUT2D eigenvalue weighted by atomic mass is 10.1. The summed E-state index contributed by atoms with van der Waals surface area (Å²) in [5.74, 6) is 0.894. The number of thiazole rings is 1. The number of nitrogens with zero attached hydrogens (tertiary/aromatic N) is 4. The van der Waals surface area contributed by atoms with Crippen LogP contribution in [0.1, 0.15) is 39.7 Å². The first kappa shape index (κ1) is 18.6. The maximum atomic E-state index is 5.53. The van der Waals surface area contributed by atoms with Crippen LogP contribution in [-0.2, 0) is 13.1 Å². The van der Waals surface area contributed by atoms with Crippen molar-refractivity contribution < 1.29 is 4.74 Å². The summed E-state index contributed by atoms with van der Waals surface area (Å²) >= 11 is 1.77. The van der Waals surface area contributed by atoms with Crippen molar-refractivity contribution in [3.63, 3.8) is 0 Å². The van der Waals surface area contributed by atoms with E-state index >= 15 is 0 Å². The second-order valence-corrected chi connectivity index (χ2v) is 8.02. The van der Waals surface area contributed by atoms with E-state index in [1.165, 1.54) is 16.1 Å². The van der Waals surface area contributed by atoms with Crippen molar-refractivity contribution >= 4 is 11.3 Å². The van der Waals surface area contributed by atoms with Crippen molar-refractivity contribution in [3.05, 3.63) is 63.4 Å². The third-order valence-electron chi connectivity index (χ3n) is 4.66. The van der Waals surface area contributed by atoms with Crippen LogP contribution in [0.3, 0.4) is 0 Å². The third kappa shape index (κ3) is 4.14. The maximum absolute atomic E-state index is 5.53. The molecule has 2 heterocycles. The highest BCUT2D eigenvalue weighted by Crippen LogP contribution is 2.28. The Kier molecular flexibility index (Phi) is 5.74. The first-order chi connectivity index (χ1) is 12.5. The van der Waals surface area contributed by atoms with Gasteiger partial charge in [0.15, 0.2) is 0 Å². The van der Waals surface area contributed by atoms with Crippen molar-refractivity contribution in [1.82, 2.24) is 19.7 Å². The van der Waals surface area contributed by atoms with Crippen molar-refractivity contribution in [3.8, 4) is 5.75 Å². The predicted octanol–water partition coefficient (Wildman–Crippen LogP) is 4.21. The lowest BCUT2D eigenvalue weighted by Crippen LogP contribution is -2.23. The number of ether oxygens (including phenoxy) is 1. The predicted molar refractivity (Wildman–Crippen MR) is 106 cm³/mol. The molecule has 138 valence electrons. The van der Waals surface area contributed by atoms with Crippen molar-refractivity contribution in [2.45, 2.75) is 39.9 Å². The van der Waals surface area contributed by atoms with E-state index in [0.29, 0.717) is 6.54 Å². The van der Waals surface area contributed by atoms with Crippen LogP contribution in [0.2, 0.25) is 0 Å². The topological polar surface area (TPSA) is 43.2 Å². The zero-order valence-corrected chi connectivity index (χ0v) is 16.9. The molecule has 1 unspecified atom stereocenters. The van der Waals surface area contributed by atoms with Gasteiger partial charge >= 0.3 is 0 Å². The third-order valence-corrected chi connectivity index (χ3v) is 5.57. The molecular weight excluding hydrogens is 344 g/mol. The molecule has 0 spiro atoms. The summed E-state index contributed by atoms with van der Waals surface area (Å²) in [6.07, 6.45) is 3.76. The number of aryl methyl sites for hydroxylation is 2. The van der Waals surface area contributed by atoms with E-state index in [0.717, 1.165) is 22.9 Å². The molecule has 1 atom stereocenters. The van der Waals surface area contributed by atoms with Gasteiger partial charge in [0.1, 0.15) is 5.75 Å². The molecule has 0 bridgehead atoms. The summed E-state index contributed by atoms with van der Waals surface area (Å²) in [5, 5.41) is 5.43. The highest BCUT2D eigenvalue weighted by molar-refractivity contribution is 7.11. The molecule has 0 saturated carbocycles. The molecule has 1 aromatic carbocycles. The molecule has 0 aliphatic rings. The number of benzene rings is 1. The fraction of sp³-hybridized carbons (Fsp3) is 0.400. The molecule has 0 aliphatic carbocycles. The van der Waals surface area contributed by atoms with Gasteiger partial charge in [-0.05, 0) is 51.6 Å². The molecule has 0 radical (unpaired) electrons. The Balaban J connectivity index is 1.77. The Morgan fingerprint density at radius 2 is 2.12 bits per heavy atom. The van der Waals surface area contributed by atoms with Crippen LogP contribution in [-0.4, -0.2) is 33.8 Å². The van der Waals surface area contributed by atoms with Crippen LogP contribution >= 0.6 is 11.3 Å². The van der Waals surface area contributed by atoms with Gasteiger partial charge in [0, 0.05) is 29.4 Å². The minimum absolute atomic E-state index is 0.275. The molecule has 0 amide bonds. The van der Waals surface area contributed by atoms with E-state index in [4.69, 9.17) is 9.72 Å². The summed E-state index contributed by atoms with van der Waals surface area (Å²) < 4.78 is 7.44. The van der Waals surface area contributed by atoms with E-state index in [-0.39, 0.29) is 6.04 Å². The average Bonchev–Trinajstić information content (AvgIpc) is 3.23. The van der Waals surface area contributed by atoms with Crippen LogP contribution < -0.4 is 4.74 Å². The fourth-order valence-electron chi connectivity index (χ4n) is 3.19. The van der Waals surface area contributed by atoms with Crippen LogP contribution in [0.4, 0.5) is 0 Å². The Labute approximate surface area is 159 Å². The number of methoxy groups -OCH3 is 1. The van der Waals surface area contributed by atoms with Crippen molar-refractivity contribution in [2.24, 2.45) is 0 Å². The molecule has 3 rings (SSSR count). The summed E-state index contributed by atoms with van der Waals surface area (Å²) in [4.78, 5) is 8.35. The molecule has 2 aromatic heterocycles. The Hall–Kier alpha value is -2.18. The normalized spacial score (nSPS) is 12.5. The number of rotatable bonds is 7. The summed E-state index contributed by atoms with van der Waals surface area (Å²) in [7, 11) is 3.86. The quantitative estimate of drug-likeness (QED) is 0.625. The van der Waals surface area contributed by atoms with Gasteiger partial charge in [0.25, 0.3) is 0 Å². The van der Waals surface area contributed by atoms with Crippen molar-refractivity contribution in [2.75, 3.05) is 14.2 Å². The van der Waals surface area contributed by atoms with Gasteiger partial charge < -0.3 is 4.74 Å². The average molecular weight is 371 g/mol. The zero-order chi connectivity index (χ0) is 18.7. The van der Waals surface area contributed by atoms with Gasteiger partial charge in [-0.1, -0.05) is 6.07 Å².